The molecule has 0 N–H and O–H groups in total. The Morgan fingerprint density at radius 2 is 1.18 bits per heavy atom. The van der Waals surface area contributed by atoms with Gasteiger partial charge >= 0.3 is 6.09 Å². The van der Waals surface area contributed by atoms with Gasteiger partial charge in [0.2, 0.25) is 0 Å². The smallest absolute Gasteiger partial charge is 0.410 e. The van der Waals surface area contributed by atoms with E-state index in [9.17, 15) is 4.79 Å². The Kier molecular flexibility index (Phi) is 20.9. The van der Waals surface area contributed by atoms with Crippen molar-refractivity contribution in [2.24, 2.45) is 5.92 Å². The number of rotatable bonds is 13. The molecule has 1 unspecified atom stereocenters. The molecule has 202 valence electrons. The number of nitrogens with zero attached hydrogens (tertiary/aromatic N) is 1. The molecule has 1 saturated heterocycles. The normalized spacial score (nSPS) is 19.5. The number of carbonyl (C=O) groups excluding carboxylic acids is 1. The molecule has 34 heavy (non-hydrogen) atoms. The van der Waals surface area contributed by atoms with Crippen molar-refractivity contribution in [3.05, 3.63) is 0 Å². The molecule has 0 saturated carbocycles. The summed E-state index contributed by atoms with van der Waals surface area (Å²) in [5.41, 5.74) is 0. The third-order valence-electron chi connectivity index (χ3n) is 7.54. The standard InChI is InChI=1S/C31H61NO2/c1-4-5-6-7-8-9-13-16-19-22-25-30-26-23-20-17-14-11-10-12-15-18-21-24-27-32(30)31(33)34-28-29(2)3/h29-30H,4-28H2,1-3H3. The molecule has 1 rings (SSSR count). The van der Waals surface area contributed by atoms with Crippen molar-refractivity contribution >= 4 is 6.09 Å². The van der Waals surface area contributed by atoms with Crippen LogP contribution >= 0.6 is 0 Å². The van der Waals surface area contributed by atoms with E-state index in [1.54, 1.807) is 0 Å². The predicted octanol–water partition coefficient (Wildman–Crippen LogP) is 10.5. The average Bonchev–Trinajstić information content (AvgIpc) is 2.83. The highest BCUT2D eigenvalue weighted by Gasteiger charge is 2.24. The quantitative estimate of drug-likeness (QED) is 0.246. The van der Waals surface area contributed by atoms with Gasteiger partial charge in [-0.3, -0.25) is 0 Å². The fraction of sp³-hybridized carbons (Fsp3) is 0.968. The summed E-state index contributed by atoms with van der Waals surface area (Å²) in [5, 5.41) is 0. The minimum absolute atomic E-state index is 0.0462. The van der Waals surface area contributed by atoms with E-state index in [1.807, 2.05) is 0 Å². The van der Waals surface area contributed by atoms with Crippen LogP contribution in [0.25, 0.3) is 0 Å². The molecule has 0 aromatic heterocycles. The SMILES string of the molecule is CCCCCCCCCCCCC1CCCCCCCCCCCCCN1C(=O)OCC(C)C. The maximum absolute atomic E-state index is 13.1. The summed E-state index contributed by atoms with van der Waals surface area (Å²) >= 11 is 0. The van der Waals surface area contributed by atoms with Crippen LogP contribution in [-0.2, 0) is 4.74 Å². The van der Waals surface area contributed by atoms with E-state index in [0.717, 1.165) is 25.8 Å². The molecule has 1 aliphatic rings. The summed E-state index contributed by atoms with van der Waals surface area (Å²) in [6.07, 6.45) is 30.6. The molecule has 1 atom stereocenters. The minimum Gasteiger partial charge on any atom is -0.449 e. The van der Waals surface area contributed by atoms with Crippen molar-refractivity contribution in [2.45, 2.75) is 174 Å². The minimum atomic E-state index is -0.0462. The van der Waals surface area contributed by atoms with E-state index in [-0.39, 0.29) is 6.09 Å². The second-order valence-corrected chi connectivity index (χ2v) is 11.5. The Balaban J connectivity index is 2.53. The van der Waals surface area contributed by atoms with Gasteiger partial charge in [0.1, 0.15) is 0 Å². The maximum atomic E-state index is 13.1. The molecule has 3 nitrogen and oxygen atoms in total. The van der Waals surface area contributed by atoms with Gasteiger partial charge in [0.25, 0.3) is 0 Å². The van der Waals surface area contributed by atoms with Crippen LogP contribution in [0.1, 0.15) is 168 Å². The van der Waals surface area contributed by atoms with Crippen molar-refractivity contribution in [2.75, 3.05) is 13.2 Å². The Bertz CT molecular complexity index is 451. The fourth-order valence-corrected chi connectivity index (χ4v) is 5.32. The van der Waals surface area contributed by atoms with Gasteiger partial charge in [-0.25, -0.2) is 4.79 Å². The van der Waals surface area contributed by atoms with Gasteiger partial charge in [0, 0.05) is 12.6 Å². The lowest BCUT2D eigenvalue weighted by atomic mass is 9.98. The lowest BCUT2D eigenvalue weighted by Gasteiger charge is -2.32. The van der Waals surface area contributed by atoms with Gasteiger partial charge in [-0.05, 0) is 25.2 Å². The number of hydrogen-bond acceptors (Lipinski definition) is 2. The zero-order valence-corrected chi connectivity index (χ0v) is 23.6. The molecule has 1 heterocycles. The molecule has 1 fully saturated rings. The van der Waals surface area contributed by atoms with E-state index >= 15 is 0 Å². The second-order valence-electron chi connectivity index (χ2n) is 11.5. The van der Waals surface area contributed by atoms with Crippen LogP contribution in [-0.4, -0.2) is 30.2 Å². The van der Waals surface area contributed by atoms with Crippen molar-refractivity contribution in [1.82, 2.24) is 4.90 Å². The van der Waals surface area contributed by atoms with Crippen LogP contribution in [0.3, 0.4) is 0 Å². The number of ether oxygens (including phenoxy) is 1. The second kappa shape index (κ2) is 22.7. The number of unbranched alkanes of at least 4 members (excludes halogenated alkanes) is 9. The Hall–Kier alpha value is -0.730. The molecular formula is C31H61NO2. The molecule has 0 bridgehead atoms. The molecule has 0 aliphatic carbocycles. The van der Waals surface area contributed by atoms with Crippen molar-refractivity contribution in [3.8, 4) is 0 Å². The highest BCUT2D eigenvalue weighted by molar-refractivity contribution is 5.68. The van der Waals surface area contributed by atoms with Crippen LogP contribution < -0.4 is 0 Å². The average molecular weight is 480 g/mol. The predicted molar refractivity (Wildman–Crippen MR) is 149 cm³/mol. The largest absolute Gasteiger partial charge is 0.449 e. The first-order valence-electron chi connectivity index (χ1n) is 15.6. The Morgan fingerprint density at radius 1 is 0.706 bits per heavy atom. The maximum Gasteiger partial charge on any atom is 0.410 e. The summed E-state index contributed by atoms with van der Waals surface area (Å²) in [6, 6.07) is 0.374. The highest BCUT2D eigenvalue weighted by Crippen LogP contribution is 2.22. The summed E-state index contributed by atoms with van der Waals surface area (Å²) in [6.45, 7) is 7.97. The first-order chi connectivity index (χ1) is 16.6. The van der Waals surface area contributed by atoms with Gasteiger partial charge in [0.15, 0.2) is 0 Å². The molecule has 3 heteroatoms. The number of hydrogen-bond donors (Lipinski definition) is 0. The molecular weight excluding hydrogens is 418 g/mol. The van der Waals surface area contributed by atoms with Crippen LogP contribution in [0.5, 0.6) is 0 Å². The van der Waals surface area contributed by atoms with E-state index < -0.39 is 0 Å². The summed E-state index contributed by atoms with van der Waals surface area (Å²) in [7, 11) is 0. The van der Waals surface area contributed by atoms with E-state index in [2.05, 4.69) is 25.7 Å². The fourth-order valence-electron chi connectivity index (χ4n) is 5.32. The highest BCUT2D eigenvalue weighted by atomic mass is 16.6. The molecule has 0 aromatic rings. The van der Waals surface area contributed by atoms with Gasteiger partial charge in [-0.15, -0.1) is 0 Å². The van der Waals surface area contributed by atoms with Crippen molar-refractivity contribution in [3.63, 3.8) is 0 Å². The first-order valence-corrected chi connectivity index (χ1v) is 15.6. The van der Waals surface area contributed by atoms with Crippen LogP contribution in [0, 0.1) is 5.92 Å². The van der Waals surface area contributed by atoms with Gasteiger partial charge in [-0.1, -0.05) is 149 Å². The van der Waals surface area contributed by atoms with Gasteiger partial charge < -0.3 is 9.64 Å². The topological polar surface area (TPSA) is 29.5 Å². The molecule has 1 amide bonds. The van der Waals surface area contributed by atoms with Crippen molar-refractivity contribution in [1.29, 1.82) is 0 Å². The molecule has 0 radical (unpaired) electrons. The van der Waals surface area contributed by atoms with Gasteiger partial charge in [-0.2, -0.15) is 0 Å². The molecule has 0 aromatic carbocycles. The first kappa shape index (κ1) is 31.3. The van der Waals surface area contributed by atoms with E-state index in [0.29, 0.717) is 18.6 Å². The van der Waals surface area contributed by atoms with Crippen LogP contribution in [0.2, 0.25) is 0 Å². The van der Waals surface area contributed by atoms with Crippen LogP contribution in [0.15, 0.2) is 0 Å². The lowest BCUT2D eigenvalue weighted by molar-refractivity contribution is 0.0713. The number of amides is 1. The third-order valence-corrected chi connectivity index (χ3v) is 7.54. The summed E-state index contributed by atoms with van der Waals surface area (Å²) in [4.78, 5) is 15.2. The van der Waals surface area contributed by atoms with Crippen LogP contribution in [0.4, 0.5) is 4.79 Å². The zero-order chi connectivity index (χ0) is 24.7. The Morgan fingerprint density at radius 3 is 1.71 bits per heavy atom. The number of carbonyl (C=O) groups is 1. The lowest BCUT2D eigenvalue weighted by Crippen LogP contribution is -2.42. The molecule has 1 aliphatic heterocycles. The van der Waals surface area contributed by atoms with Gasteiger partial charge in [0.05, 0.1) is 6.61 Å². The summed E-state index contributed by atoms with van der Waals surface area (Å²) < 4.78 is 5.75. The third kappa shape index (κ3) is 17.7. The van der Waals surface area contributed by atoms with E-state index in [4.69, 9.17) is 4.74 Å². The molecule has 0 spiro atoms. The van der Waals surface area contributed by atoms with E-state index in [1.165, 1.54) is 128 Å². The Labute approximate surface area is 214 Å². The van der Waals surface area contributed by atoms with Crippen molar-refractivity contribution < 1.29 is 9.53 Å². The zero-order valence-electron chi connectivity index (χ0n) is 23.6. The monoisotopic (exact) mass is 479 g/mol. The summed E-state index contributed by atoms with van der Waals surface area (Å²) in [5.74, 6) is 0.396.